The summed E-state index contributed by atoms with van der Waals surface area (Å²) >= 11 is 1.94. The molecule has 2 N–H and O–H groups in total. The molecule has 0 fully saturated rings. The fraction of sp³-hybridized carbons (Fsp3) is 0.524. The molecule has 1 aromatic carbocycles. The van der Waals surface area contributed by atoms with Crippen LogP contribution >= 0.6 is 35.7 Å². The molecule has 2 rings (SSSR count). The van der Waals surface area contributed by atoms with E-state index in [9.17, 15) is 0 Å². The fourth-order valence-electron chi connectivity index (χ4n) is 3.01. The number of nitrogens with zero attached hydrogens (tertiary/aromatic N) is 3. The number of hydrogen-bond acceptors (Lipinski definition) is 3. The predicted octanol–water partition coefficient (Wildman–Crippen LogP) is 3.99. The van der Waals surface area contributed by atoms with Gasteiger partial charge in [-0.25, -0.2) is 0 Å². The Labute approximate surface area is 191 Å². The highest BCUT2D eigenvalue weighted by Gasteiger charge is 2.13. The molecular formula is C21H34IN5S. The molecule has 0 saturated carbocycles. The highest BCUT2D eigenvalue weighted by atomic mass is 127. The van der Waals surface area contributed by atoms with Gasteiger partial charge in [-0.15, -0.1) is 24.0 Å². The second kappa shape index (κ2) is 12.4. The Balaban J connectivity index is 0.00000392. The molecule has 0 aliphatic rings. The Bertz CT molecular complexity index is 755. The monoisotopic (exact) mass is 515 g/mol. The molecule has 1 aromatic heterocycles. The molecule has 0 amide bonds. The van der Waals surface area contributed by atoms with Gasteiger partial charge in [-0.2, -0.15) is 16.9 Å². The summed E-state index contributed by atoms with van der Waals surface area (Å²) in [5.41, 5.74) is 6.35. The lowest BCUT2D eigenvalue weighted by molar-refractivity contribution is 0.638. The summed E-state index contributed by atoms with van der Waals surface area (Å²) in [6.45, 7) is 9.41. The standard InChI is InChI=1S/C21H33N5S.HI/c1-15-7-9-19(10-8-15)14-27-12-11-23-21(22-5)24-16(2)13-20-17(3)25-26(6)18(20)4;/h7-10,16H,11-14H2,1-6H3,(H2,22,23,24);1H. The SMILES string of the molecule is CN=C(NCCSCc1ccc(C)cc1)NC(C)Cc1c(C)nn(C)c1C.I. The average molecular weight is 516 g/mol. The molecule has 0 bridgehead atoms. The zero-order chi connectivity index (χ0) is 19.8. The Kier molecular flexibility index (Phi) is 11.0. The fourth-order valence-corrected chi connectivity index (χ4v) is 3.83. The van der Waals surface area contributed by atoms with E-state index in [1.807, 2.05) is 30.5 Å². The summed E-state index contributed by atoms with van der Waals surface area (Å²) in [5.74, 6) is 2.95. The van der Waals surface area contributed by atoms with Crippen molar-refractivity contribution in [3.63, 3.8) is 0 Å². The van der Waals surface area contributed by atoms with Crippen molar-refractivity contribution in [2.24, 2.45) is 12.0 Å². The van der Waals surface area contributed by atoms with Crippen LogP contribution in [0.1, 0.15) is 35.0 Å². The van der Waals surface area contributed by atoms with Gasteiger partial charge in [0, 0.05) is 43.9 Å². The molecule has 5 nitrogen and oxygen atoms in total. The summed E-state index contributed by atoms with van der Waals surface area (Å²) < 4.78 is 1.95. The Morgan fingerprint density at radius 1 is 1.21 bits per heavy atom. The topological polar surface area (TPSA) is 54.2 Å². The van der Waals surface area contributed by atoms with Crippen LogP contribution in [0.15, 0.2) is 29.3 Å². The molecule has 0 saturated heterocycles. The molecule has 1 atom stereocenters. The lowest BCUT2D eigenvalue weighted by atomic mass is 10.1. The van der Waals surface area contributed by atoms with Gasteiger partial charge in [0.05, 0.1) is 5.69 Å². The van der Waals surface area contributed by atoms with Crippen LogP contribution in [0.2, 0.25) is 0 Å². The molecular weight excluding hydrogens is 481 g/mol. The van der Waals surface area contributed by atoms with E-state index in [0.29, 0.717) is 0 Å². The molecule has 0 radical (unpaired) electrons. The predicted molar refractivity (Wildman–Crippen MR) is 133 cm³/mol. The summed E-state index contributed by atoms with van der Waals surface area (Å²) in [7, 11) is 3.82. The van der Waals surface area contributed by atoms with Gasteiger partial charge in [-0.1, -0.05) is 29.8 Å². The molecule has 2 aromatic rings. The van der Waals surface area contributed by atoms with Gasteiger partial charge in [-0.05, 0) is 45.2 Å². The van der Waals surface area contributed by atoms with E-state index in [-0.39, 0.29) is 30.0 Å². The number of halogens is 1. The van der Waals surface area contributed by atoms with Crippen molar-refractivity contribution in [2.45, 2.75) is 45.9 Å². The van der Waals surface area contributed by atoms with Crippen molar-refractivity contribution in [1.29, 1.82) is 0 Å². The minimum absolute atomic E-state index is 0. The zero-order valence-corrected chi connectivity index (χ0v) is 21.0. The van der Waals surface area contributed by atoms with E-state index < -0.39 is 0 Å². The van der Waals surface area contributed by atoms with Gasteiger partial charge in [0.15, 0.2) is 5.96 Å². The second-order valence-electron chi connectivity index (χ2n) is 7.06. The highest BCUT2D eigenvalue weighted by Crippen LogP contribution is 2.14. The minimum Gasteiger partial charge on any atom is -0.356 e. The van der Waals surface area contributed by atoms with Crippen LogP contribution in [0.25, 0.3) is 0 Å². The maximum atomic E-state index is 4.50. The molecule has 7 heteroatoms. The lowest BCUT2D eigenvalue weighted by Crippen LogP contribution is -2.43. The first kappa shape index (κ1) is 24.8. The number of thioether (sulfide) groups is 1. The van der Waals surface area contributed by atoms with Gasteiger partial charge >= 0.3 is 0 Å². The molecule has 1 heterocycles. The molecule has 0 aliphatic carbocycles. The zero-order valence-electron chi connectivity index (χ0n) is 17.9. The number of benzene rings is 1. The van der Waals surface area contributed by atoms with Crippen LogP contribution < -0.4 is 10.6 Å². The summed E-state index contributed by atoms with van der Waals surface area (Å²) in [6.07, 6.45) is 0.939. The van der Waals surface area contributed by atoms with E-state index >= 15 is 0 Å². The molecule has 0 spiro atoms. The van der Waals surface area contributed by atoms with Gasteiger partial charge in [0.2, 0.25) is 0 Å². The van der Waals surface area contributed by atoms with Gasteiger partial charge in [0.25, 0.3) is 0 Å². The Morgan fingerprint density at radius 3 is 2.46 bits per heavy atom. The van der Waals surface area contributed by atoms with E-state index in [1.165, 1.54) is 22.4 Å². The van der Waals surface area contributed by atoms with Crippen LogP contribution in [-0.4, -0.2) is 41.1 Å². The van der Waals surface area contributed by atoms with Crippen molar-refractivity contribution in [1.82, 2.24) is 20.4 Å². The number of aryl methyl sites for hydroxylation is 3. The molecule has 156 valence electrons. The van der Waals surface area contributed by atoms with Gasteiger partial charge in [-0.3, -0.25) is 9.67 Å². The van der Waals surface area contributed by atoms with Crippen molar-refractivity contribution < 1.29 is 0 Å². The van der Waals surface area contributed by atoms with E-state index in [4.69, 9.17) is 0 Å². The van der Waals surface area contributed by atoms with Crippen molar-refractivity contribution >= 4 is 41.7 Å². The first-order valence-corrected chi connectivity index (χ1v) is 10.7. The molecule has 1 unspecified atom stereocenters. The third-order valence-corrected chi connectivity index (χ3v) is 5.73. The second-order valence-corrected chi connectivity index (χ2v) is 8.16. The molecule has 0 aliphatic heterocycles. The van der Waals surface area contributed by atoms with Crippen molar-refractivity contribution in [3.8, 4) is 0 Å². The third kappa shape index (κ3) is 7.66. The maximum Gasteiger partial charge on any atom is 0.191 e. The lowest BCUT2D eigenvalue weighted by Gasteiger charge is -2.18. The van der Waals surface area contributed by atoms with Crippen LogP contribution in [0.4, 0.5) is 0 Å². The highest BCUT2D eigenvalue weighted by molar-refractivity contribution is 14.0. The smallest absolute Gasteiger partial charge is 0.191 e. The summed E-state index contributed by atoms with van der Waals surface area (Å²) in [5, 5.41) is 11.4. The van der Waals surface area contributed by atoms with E-state index in [2.05, 4.69) is 72.7 Å². The quantitative estimate of drug-likeness (QED) is 0.242. The Hall–Kier alpha value is -1.22. The largest absolute Gasteiger partial charge is 0.356 e. The van der Waals surface area contributed by atoms with Crippen LogP contribution in [-0.2, 0) is 19.2 Å². The normalized spacial score (nSPS) is 12.4. The van der Waals surface area contributed by atoms with Crippen molar-refractivity contribution in [2.75, 3.05) is 19.3 Å². The number of nitrogens with one attached hydrogen (secondary N) is 2. The number of hydrogen-bond donors (Lipinski definition) is 2. The van der Waals surface area contributed by atoms with Gasteiger partial charge < -0.3 is 10.6 Å². The number of aliphatic imine (C=N–C) groups is 1. The van der Waals surface area contributed by atoms with E-state index in [0.717, 1.165) is 36.1 Å². The number of aromatic nitrogens is 2. The first-order chi connectivity index (χ1) is 12.9. The third-order valence-electron chi connectivity index (χ3n) is 4.70. The first-order valence-electron chi connectivity index (χ1n) is 9.50. The Morgan fingerprint density at radius 2 is 1.89 bits per heavy atom. The minimum atomic E-state index is 0. The average Bonchev–Trinajstić information content (AvgIpc) is 2.88. The van der Waals surface area contributed by atoms with Crippen molar-refractivity contribution in [3.05, 3.63) is 52.3 Å². The van der Waals surface area contributed by atoms with E-state index in [1.54, 1.807) is 0 Å². The number of guanidine groups is 1. The summed E-state index contributed by atoms with van der Waals surface area (Å²) in [6, 6.07) is 9.05. The van der Waals surface area contributed by atoms with Crippen LogP contribution in [0.3, 0.4) is 0 Å². The van der Waals surface area contributed by atoms with Crippen LogP contribution in [0, 0.1) is 20.8 Å². The maximum absolute atomic E-state index is 4.50. The van der Waals surface area contributed by atoms with Gasteiger partial charge in [0.1, 0.15) is 0 Å². The summed E-state index contributed by atoms with van der Waals surface area (Å²) in [4.78, 5) is 4.35. The number of rotatable bonds is 8. The molecule has 28 heavy (non-hydrogen) atoms. The van der Waals surface area contributed by atoms with Crippen LogP contribution in [0.5, 0.6) is 0 Å².